The van der Waals surface area contributed by atoms with E-state index in [2.05, 4.69) is 0 Å². The average Bonchev–Trinajstić information content (AvgIpc) is 2.09. The van der Waals surface area contributed by atoms with E-state index in [-0.39, 0.29) is 0 Å². The van der Waals surface area contributed by atoms with Crippen molar-refractivity contribution in [2.75, 3.05) is 0 Å². The van der Waals surface area contributed by atoms with Gasteiger partial charge in [-0.1, -0.05) is 18.2 Å². The van der Waals surface area contributed by atoms with Gasteiger partial charge >= 0.3 is 11.9 Å². The number of benzene rings is 1. The molecular weight excluding hydrogens is 196 g/mol. The van der Waals surface area contributed by atoms with Crippen molar-refractivity contribution < 1.29 is 19.8 Å². The van der Waals surface area contributed by atoms with Gasteiger partial charge in [0.05, 0.1) is 0 Å². The number of carboxylic acid groups (broad SMARTS) is 2. The van der Waals surface area contributed by atoms with Crippen molar-refractivity contribution in [2.45, 2.75) is 19.8 Å². The Morgan fingerprint density at radius 2 is 1.47 bits per heavy atom. The minimum atomic E-state index is -1.48. The molecule has 0 saturated carbocycles. The highest BCUT2D eigenvalue weighted by Crippen LogP contribution is 2.24. The van der Waals surface area contributed by atoms with Crippen molar-refractivity contribution in [3.63, 3.8) is 0 Å². The Bertz CT molecular complexity index is 375. The molecule has 0 heterocycles. The number of rotatable bonds is 3. The molecule has 0 amide bonds. The highest BCUT2D eigenvalue weighted by Gasteiger charge is 2.30. The third-order valence-corrected chi connectivity index (χ3v) is 2.32. The first-order valence-electron chi connectivity index (χ1n) is 4.47. The van der Waals surface area contributed by atoms with Gasteiger partial charge in [0.25, 0.3) is 0 Å². The van der Waals surface area contributed by atoms with Crippen LogP contribution >= 0.6 is 0 Å². The van der Waals surface area contributed by atoms with Crippen molar-refractivity contribution >= 4 is 11.9 Å². The van der Waals surface area contributed by atoms with E-state index < -0.39 is 17.9 Å². The second kappa shape index (κ2) is 4.13. The Hall–Kier alpha value is -1.84. The molecule has 80 valence electrons. The van der Waals surface area contributed by atoms with Gasteiger partial charge < -0.3 is 10.2 Å². The van der Waals surface area contributed by atoms with Crippen molar-refractivity contribution in [3.05, 3.63) is 34.9 Å². The molecule has 0 aromatic heterocycles. The van der Waals surface area contributed by atoms with E-state index in [4.69, 9.17) is 10.2 Å². The Morgan fingerprint density at radius 1 is 1.07 bits per heavy atom. The summed E-state index contributed by atoms with van der Waals surface area (Å²) < 4.78 is 0. The molecule has 0 aliphatic rings. The molecule has 1 aromatic carbocycles. The average molecular weight is 208 g/mol. The van der Waals surface area contributed by atoms with Crippen molar-refractivity contribution in [3.8, 4) is 0 Å². The maximum Gasteiger partial charge on any atom is 0.322 e. The lowest BCUT2D eigenvalue weighted by Crippen LogP contribution is -2.22. The summed E-state index contributed by atoms with van der Waals surface area (Å²) in [5.41, 5.74) is 1.74. The van der Waals surface area contributed by atoms with Gasteiger partial charge in [0.1, 0.15) is 0 Å². The third kappa shape index (κ3) is 2.15. The summed E-state index contributed by atoms with van der Waals surface area (Å²) in [5, 5.41) is 17.7. The number of hydrogen-bond donors (Lipinski definition) is 2. The highest BCUT2D eigenvalue weighted by atomic mass is 16.4. The van der Waals surface area contributed by atoms with Gasteiger partial charge in [-0.2, -0.15) is 0 Å². The molecule has 0 spiro atoms. The van der Waals surface area contributed by atoms with Gasteiger partial charge in [-0.05, 0) is 30.5 Å². The van der Waals surface area contributed by atoms with E-state index >= 15 is 0 Å². The minimum Gasteiger partial charge on any atom is -0.480 e. The highest BCUT2D eigenvalue weighted by molar-refractivity contribution is 5.99. The first kappa shape index (κ1) is 11.2. The molecule has 0 saturated heterocycles. The molecule has 0 radical (unpaired) electrons. The Kier molecular flexibility index (Phi) is 3.09. The fourth-order valence-electron chi connectivity index (χ4n) is 1.64. The van der Waals surface area contributed by atoms with Crippen LogP contribution in [-0.2, 0) is 9.59 Å². The fraction of sp³-hybridized carbons (Fsp3) is 0.273. The maximum absolute atomic E-state index is 10.9. The molecule has 4 heteroatoms. The zero-order valence-corrected chi connectivity index (χ0v) is 8.52. The lowest BCUT2D eigenvalue weighted by Gasteiger charge is -2.13. The monoisotopic (exact) mass is 208 g/mol. The summed E-state index contributed by atoms with van der Waals surface area (Å²) >= 11 is 0. The topological polar surface area (TPSA) is 74.6 Å². The number of carbonyl (C=O) groups is 2. The van der Waals surface area contributed by atoms with Crippen molar-refractivity contribution in [1.82, 2.24) is 0 Å². The van der Waals surface area contributed by atoms with E-state index in [1.54, 1.807) is 32.0 Å². The predicted molar refractivity (Wildman–Crippen MR) is 53.9 cm³/mol. The summed E-state index contributed by atoms with van der Waals surface area (Å²) in [6.45, 7) is 3.42. The van der Waals surface area contributed by atoms with Crippen molar-refractivity contribution in [2.24, 2.45) is 0 Å². The van der Waals surface area contributed by atoms with Gasteiger partial charge in [-0.25, -0.2) is 0 Å². The SMILES string of the molecule is Cc1cccc(C)c1C(C(=O)O)C(=O)O. The number of carboxylic acids is 2. The zero-order chi connectivity index (χ0) is 11.6. The minimum absolute atomic E-state index is 0.373. The second-order valence-corrected chi connectivity index (χ2v) is 3.41. The molecule has 15 heavy (non-hydrogen) atoms. The molecule has 0 bridgehead atoms. The van der Waals surface area contributed by atoms with E-state index in [0.29, 0.717) is 16.7 Å². The molecule has 0 atom stereocenters. The molecular formula is C11H12O4. The summed E-state index contributed by atoms with van der Waals surface area (Å²) in [6, 6.07) is 5.19. The van der Waals surface area contributed by atoms with E-state index in [1.807, 2.05) is 0 Å². The fourth-order valence-corrected chi connectivity index (χ4v) is 1.64. The van der Waals surface area contributed by atoms with Crippen LogP contribution in [0, 0.1) is 13.8 Å². The van der Waals surface area contributed by atoms with Crippen LogP contribution in [0.5, 0.6) is 0 Å². The number of aryl methyl sites for hydroxylation is 2. The Balaban J connectivity index is 3.35. The Labute approximate surface area is 87.2 Å². The first-order chi connectivity index (χ1) is 6.95. The molecule has 4 nitrogen and oxygen atoms in total. The van der Waals surface area contributed by atoms with Crippen LogP contribution in [0.1, 0.15) is 22.6 Å². The van der Waals surface area contributed by atoms with E-state index in [0.717, 1.165) is 0 Å². The van der Waals surface area contributed by atoms with Crippen LogP contribution in [0.15, 0.2) is 18.2 Å². The molecule has 0 fully saturated rings. The quantitative estimate of drug-likeness (QED) is 0.739. The lowest BCUT2D eigenvalue weighted by molar-refractivity contribution is -0.150. The van der Waals surface area contributed by atoms with Crippen molar-refractivity contribution in [1.29, 1.82) is 0 Å². The summed E-state index contributed by atoms with van der Waals surface area (Å²) in [7, 11) is 0. The Morgan fingerprint density at radius 3 is 1.80 bits per heavy atom. The molecule has 0 aliphatic heterocycles. The molecule has 1 aromatic rings. The third-order valence-electron chi connectivity index (χ3n) is 2.32. The zero-order valence-electron chi connectivity index (χ0n) is 8.52. The molecule has 0 aliphatic carbocycles. The van der Waals surface area contributed by atoms with E-state index in [1.165, 1.54) is 0 Å². The number of hydrogen-bond acceptors (Lipinski definition) is 2. The smallest absolute Gasteiger partial charge is 0.322 e. The van der Waals surface area contributed by atoms with Gasteiger partial charge in [-0.3, -0.25) is 9.59 Å². The molecule has 1 rings (SSSR count). The van der Waals surface area contributed by atoms with Crippen LogP contribution in [0.2, 0.25) is 0 Å². The normalized spacial score (nSPS) is 10.3. The second-order valence-electron chi connectivity index (χ2n) is 3.41. The standard InChI is InChI=1S/C11H12O4/c1-6-4-3-5-7(2)8(6)9(10(12)13)11(14)15/h3-5,9H,1-2H3,(H,12,13)(H,14,15). The van der Waals surface area contributed by atoms with Gasteiger partial charge in [0.15, 0.2) is 5.92 Å². The van der Waals surface area contributed by atoms with Crippen LogP contribution in [0.25, 0.3) is 0 Å². The summed E-state index contributed by atoms with van der Waals surface area (Å²) in [6.07, 6.45) is 0. The van der Waals surface area contributed by atoms with Gasteiger partial charge in [-0.15, -0.1) is 0 Å². The maximum atomic E-state index is 10.9. The first-order valence-corrected chi connectivity index (χ1v) is 4.47. The van der Waals surface area contributed by atoms with Crippen LogP contribution in [0.3, 0.4) is 0 Å². The lowest BCUT2D eigenvalue weighted by atomic mass is 9.91. The van der Waals surface area contributed by atoms with Crippen LogP contribution in [0.4, 0.5) is 0 Å². The van der Waals surface area contributed by atoms with E-state index in [9.17, 15) is 9.59 Å². The summed E-state index contributed by atoms with van der Waals surface area (Å²) in [5.74, 6) is -4.15. The van der Waals surface area contributed by atoms with Gasteiger partial charge in [0, 0.05) is 0 Å². The van der Waals surface area contributed by atoms with Crippen LogP contribution < -0.4 is 0 Å². The van der Waals surface area contributed by atoms with Gasteiger partial charge in [0.2, 0.25) is 0 Å². The number of aliphatic carboxylic acids is 2. The molecule has 2 N–H and O–H groups in total. The molecule has 0 unspecified atom stereocenters. The largest absolute Gasteiger partial charge is 0.480 e. The predicted octanol–water partition coefficient (Wildman–Crippen LogP) is 1.56. The summed E-state index contributed by atoms with van der Waals surface area (Å²) in [4.78, 5) is 21.7. The van der Waals surface area contributed by atoms with Crippen LogP contribution in [-0.4, -0.2) is 22.2 Å².